The number of hydrogen-bond donors (Lipinski definition) is 0. The minimum absolute atomic E-state index is 0.0504. The van der Waals surface area contributed by atoms with Gasteiger partial charge in [-0.1, -0.05) is 29.8 Å². The van der Waals surface area contributed by atoms with Gasteiger partial charge in [-0.05, 0) is 19.9 Å². The third-order valence-corrected chi connectivity index (χ3v) is 5.51. The van der Waals surface area contributed by atoms with Crippen LogP contribution in [0.1, 0.15) is 24.8 Å². The van der Waals surface area contributed by atoms with Crippen molar-refractivity contribution in [1.82, 2.24) is 9.80 Å². The molecule has 0 radical (unpaired) electrons. The number of carbonyl (C=O) groups excluding carboxylic acids is 2. The molecule has 1 aliphatic rings. The van der Waals surface area contributed by atoms with Crippen LogP contribution in [-0.2, 0) is 14.3 Å². The Morgan fingerprint density at radius 1 is 1.46 bits per heavy atom. The van der Waals surface area contributed by atoms with E-state index in [1.165, 1.54) is 7.11 Å². The third kappa shape index (κ3) is 4.43. The van der Waals surface area contributed by atoms with Gasteiger partial charge in [0.25, 0.3) is 0 Å². The molecule has 1 atom stereocenters. The molecule has 1 aromatic carbocycles. The molecule has 1 aliphatic heterocycles. The van der Waals surface area contributed by atoms with Gasteiger partial charge in [0.15, 0.2) is 0 Å². The Bertz CT molecular complexity index is 597. The Morgan fingerprint density at radius 3 is 2.79 bits per heavy atom. The number of nitrogens with zero attached hydrogens (tertiary/aromatic N) is 2. The van der Waals surface area contributed by atoms with E-state index in [0.29, 0.717) is 23.9 Å². The summed E-state index contributed by atoms with van der Waals surface area (Å²) in [5.74, 6) is 0.442. The Kier molecular flexibility index (Phi) is 6.95. The van der Waals surface area contributed by atoms with Gasteiger partial charge in [0.2, 0.25) is 11.8 Å². The van der Waals surface area contributed by atoms with E-state index in [4.69, 9.17) is 16.3 Å². The second-order valence-electron chi connectivity index (χ2n) is 5.89. The van der Waals surface area contributed by atoms with Crippen LogP contribution in [0.25, 0.3) is 0 Å². The zero-order chi connectivity index (χ0) is 17.7. The predicted molar refractivity (Wildman–Crippen MR) is 97.1 cm³/mol. The molecule has 1 saturated heterocycles. The quantitative estimate of drug-likeness (QED) is 0.740. The number of carbonyl (C=O) groups is 2. The van der Waals surface area contributed by atoms with Crippen molar-refractivity contribution >= 4 is 35.2 Å². The molecule has 0 spiro atoms. The highest BCUT2D eigenvalue weighted by atomic mass is 35.5. The fraction of sp³-hybridized carbons (Fsp3) is 0.529. The van der Waals surface area contributed by atoms with Crippen LogP contribution < -0.4 is 0 Å². The van der Waals surface area contributed by atoms with Crippen LogP contribution in [0.15, 0.2) is 24.3 Å². The van der Waals surface area contributed by atoms with Crippen molar-refractivity contribution in [3.63, 3.8) is 0 Å². The summed E-state index contributed by atoms with van der Waals surface area (Å²) in [5, 5.41) is 0.559. The van der Waals surface area contributed by atoms with Crippen molar-refractivity contribution in [3.05, 3.63) is 34.9 Å². The molecule has 0 unspecified atom stereocenters. The van der Waals surface area contributed by atoms with Crippen molar-refractivity contribution in [3.8, 4) is 0 Å². The first-order chi connectivity index (χ1) is 11.5. The van der Waals surface area contributed by atoms with Crippen LogP contribution in [0.4, 0.5) is 0 Å². The van der Waals surface area contributed by atoms with Gasteiger partial charge in [0.1, 0.15) is 12.0 Å². The number of amides is 2. The number of rotatable bonds is 7. The van der Waals surface area contributed by atoms with Gasteiger partial charge in [0, 0.05) is 36.8 Å². The number of ether oxygens (including phenoxy) is 1. The van der Waals surface area contributed by atoms with E-state index in [2.05, 4.69) is 0 Å². The zero-order valence-electron chi connectivity index (χ0n) is 14.2. The van der Waals surface area contributed by atoms with Gasteiger partial charge >= 0.3 is 0 Å². The molecule has 132 valence electrons. The topological polar surface area (TPSA) is 49.9 Å². The molecular formula is C17H23ClN2O3S. The highest BCUT2D eigenvalue weighted by Gasteiger charge is 2.34. The monoisotopic (exact) mass is 370 g/mol. The van der Waals surface area contributed by atoms with Gasteiger partial charge in [-0.2, -0.15) is 0 Å². The van der Waals surface area contributed by atoms with Gasteiger partial charge in [-0.15, -0.1) is 11.8 Å². The molecule has 2 amide bonds. The number of hydrogen-bond acceptors (Lipinski definition) is 4. The van der Waals surface area contributed by atoms with Gasteiger partial charge in [-0.25, -0.2) is 0 Å². The average Bonchev–Trinajstić information content (AvgIpc) is 2.89. The highest BCUT2D eigenvalue weighted by molar-refractivity contribution is 8.00. The van der Waals surface area contributed by atoms with Crippen molar-refractivity contribution in [2.24, 2.45) is 0 Å². The van der Waals surface area contributed by atoms with E-state index < -0.39 is 0 Å². The van der Waals surface area contributed by atoms with Crippen molar-refractivity contribution in [1.29, 1.82) is 0 Å². The van der Waals surface area contributed by atoms with Gasteiger partial charge in [0.05, 0.1) is 5.75 Å². The Balaban J connectivity index is 2.09. The molecule has 0 aliphatic carbocycles. The maximum atomic E-state index is 12.3. The van der Waals surface area contributed by atoms with Crippen LogP contribution in [0, 0.1) is 0 Å². The standard InChI is InChI=1S/C17H23ClN2O3S/c1-12(2)19(15(21)10-23-3)8-9-20-16(22)11-24-17(20)13-6-4-5-7-14(13)18/h4-7,12,17H,8-11H2,1-3H3/t17-/m0/s1. The summed E-state index contributed by atoms with van der Waals surface area (Å²) in [6.45, 7) is 4.93. The molecule has 0 N–H and O–H groups in total. The zero-order valence-corrected chi connectivity index (χ0v) is 15.8. The molecule has 0 bridgehead atoms. The normalized spacial score (nSPS) is 17.6. The van der Waals surface area contributed by atoms with Crippen LogP contribution in [0.2, 0.25) is 5.02 Å². The number of thioether (sulfide) groups is 1. The van der Waals surface area contributed by atoms with Crippen molar-refractivity contribution < 1.29 is 14.3 Å². The molecule has 1 heterocycles. The summed E-state index contributed by atoms with van der Waals surface area (Å²) >= 11 is 7.86. The van der Waals surface area contributed by atoms with Crippen molar-refractivity contribution in [2.45, 2.75) is 25.3 Å². The molecule has 2 rings (SSSR count). The number of benzene rings is 1. The van der Waals surface area contributed by atoms with Crippen molar-refractivity contribution in [2.75, 3.05) is 32.6 Å². The fourth-order valence-corrected chi connectivity index (χ4v) is 4.28. The fourth-order valence-electron chi connectivity index (χ4n) is 2.72. The second kappa shape index (κ2) is 8.74. The summed E-state index contributed by atoms with van der Waals surface area (Å²) in [6.07, 6.45) is 0. The van der Waals surface area contributed by atoms with E-state index in [1.54, 1.807) is 21.6 Å². The van der Waals surface area contributed by atoms with Gasteiger partial charge in [-0.3, -0.25) is 9.59 Å². The Hall–Kier alpha value is -1.24. The summed E-state index contributed by atoms with van der Waals surface area (Å²) in [6, 6.07) is 7.63. The largest absolute Gasteiger partial charge is 0.375 e. The van der Waals surface area contributed by atoms with Crippen LogP contribution in [0.5, 0.6) is 0 Å². The van der Waals surface area contributed by atoms with Crippen LogP contribution >= 0.6 is 23.4 Å². The lowest BCUT2D eigenvalue weighted by Gasteiger charge is -2.31. The van der Waals surface area contributed by atoms with E-state index in [0.717, 1.165) is 5.56 Å². The maximum Gasteiger partial charge on any atom is 0.248 e. The highest BCUT2D eigenvalue weighted by Crippen LogP contribution is 2.41. The minimum Gasteiger partial charge on any atom is -0.375 e. The summed E-state index contributed by atoms with van der Waals surface area (Å²) in [4.78, 5) is 28.0. The minimum atomic E-state index is -0.0993. The molecule has 7 heteroatoms. The maximum absolute atomic E-state index is 12.3. The molecule has 1 aromatic rings. The Morgan fingerprint density at radius 2 is 2.17 bits per heavy atom. The lowest BCUT2D eigenvalue weighted by molar-refractivity contribution is -0.138. The van der Waals surface area contributed by atoms with Crippen LogP contribution in [-0.4, -0.2) is 60.2 Å². The van der Waals surface area contributed by atoms with E-state index in [1.807, 2.05) is 38.1 Å². The summed E-state index contributed by atoms with van der Waals surface area (Å²) in [7, 11) is 1.50. The smallest absolute Gasteiger partial charge is 0.248 e. The lowest BCUT2D eigenvalue weighted by atomic mass is 10.2. The van der Waals surface area contributed by atoms with E-state index >= 15 is 0 Å². The molecule has 1 fully saturated rings. The van der Waals surface area contributed by atoms with Crippen LogP contribution in [0.3, 0.4) is 0 Å². The van der Waals surface area contributed by atoms with E-state index in [9.17, 15) is 9.59 Å². The Labute approximate surface area is 152 Å². The number of halogens is 1. The van der Waals surface area contributed by atoms with E-state index in [-0.39, 0.29) is 29.8 Å². The molecule has 0 saturated carbocycles. The summed E-state index contributed by atoms with van der Waals surface area (Å²) in [5.41, 5.74) is 0.939. The predicted octanol–water partition coefficient (Wildman–Crippen LogP) is 2.80. The lowest BCUT2D eigenvalue weighted by Crippen LogP contribution is -2.44. The first-order valence-electron chi connectivity index (χ1n) is 7.89. The molecule has 5 nitrogen and oxygen atoms in total. The first kappa shape index (κ1) is 19.1. The third-order valence-electron chi connectivity index (χ3n) is 3.93. The first-order valence-corrected chi connectivity index (χ1v) is 9.32. The average molecular weight is 371 g/mol. The number of methoxy groups -OCH3 is 1. The second-order valence-corrected chi connectivity index (χ2v) is 7.36. The summed E-state index contributed by atoms with van der Waals surface area (Å²) < 4.78 is 4.94. The molecular weight excluding hydrogens is 348 g/mol. The molecule has 0 aromatic heterocycles. The SMILES string of the molecule is COCC(=O)N(CCN1C(=O)CS[C@H]1c1ccccc1Cl)C(C)C. The van der Waals surface area contributed by atoms with Gasteiger partial charge < -0.3 is 14.5 Å². The molecule has 24 heavy (non-hydrogen) atoms.